The number of nitrogens with zero attached hydrogens (tertiary/aromatic N) is 5. The lowest BCUT2D eigenvalue weighted by molar-refractivity contribution is -0.141. The van der Waals surface area contributed by atoms with Gasteiger partial charge in [0.15, 0.2) is 0 Å². The number of nitrogens with one attached hydrogen (secondary N) is 1. The largest absolute Gasteiger partial charge is 0.433 e. The number of likely N-dealkylation sites (tertiary alicyclic amines) is 1. The standard InChI is InChI=1S/C25H30F6N6O/c26-24(27,28)21-4-3-20(17-33-21)36-14-12-35(13-15-36)9-1-2-23(38)37-10-6-18(7-11-37)34-19-5-8-32-22(16-19)25(29,30)31/h3-5,8,16-18H,1-2,6-7,9-15H2,(H,32,34). The summed E-state index contributed by atoms with van der Waals surface area (Å²) in [5.41, 5.74) is -0.811. The molecule has 0 unspecified atom stereocenters. The summed E-state index contributed by atoms with van der Waals surface area (Å²) < 4.78 is 76.7. The van der Waals surface area contributed by atoms with Crippen LogP contribution in [0.5, 0.6) is 0 Å². The number of carbonyl (C=O) groups excluding carboxylic acids is 1. The van der Waals surface area contributed by atoms with Crippen LogP contribution in [0.1, 0.15) is 37.1 Å². The molecule has 0 spiro atoms. The van der Waals surface area contributed by atoms with Gasteiger partial charge in [0.05, 0.1) is 11.9 Å². The van der Waals surface area contributed by atoms with Crippen LogP contribution in [0.3, 0.4) is 0 Å². The van der Waals surface area contributed by atoms with Crippen LogP contribution in [0.25, 0.3) is 0 Å². The highest BCUT2D eigenvalue weighted by atomic mass is 19.4. The van der Waals surface area contributed by atoms with Gasteiger partial charge >= 0.3 is 12.4 Å². The van der Waals surface area contributed by atoms with E-state index in [-0.39, 0.29) is 11.9 Å². The fourth-order valence-corrected chi connectivity index (χ4v) is 4.77. The molecule has 2 aromatic heterocycles. The van der Waals surface area contributed by atoms with Crippen molar-refractivity contribution < 1.29 is 31.1 Å². The molecule has 0 bridgehead atoms. The number of carbonyl (C=O) groups is 1. The van der Waals surface area contributed by atoms with Crippen molar-refractivity contribution in [3.63, 3.8) is 0 Å². The van der Waals surface area contributed by atoms with Crippen LogP contribution in [0, 0.1) is 0 Å². The van der Waals surface area contributed by atoms with E-state index in [9.17, 15) is 31.1 Å². The Bertz CT molecular complexity index is 1060. The lowest BCUT2D eigenvalue weighted by Gasteiger charge is -2.36. The van der Waals surface area contributed by atoms with Gasteiger partial charge in [0.25, 0.3) is 0 Å². The number of aromatic nitrogens is 2. The number of rotatable bonds is 7. The minimum absolute atomic E-state index is 0.0151. The summed E-state index contributed by atoms with van der Waals surface area (Å²) in [6.07, 6.45) is -4.14. The summed E-state index contributed by atoms with van der Waals surface area (Å²) in [7, 11) is 0. The Morgan fingerprint density at radius 1 is 0.895 bits per heavy atom. The molecule has 0 aromatic carbocycles. The summed E-state index contributed by atoms with van der Waals surface area (Å²) in [5.74, 6) is 0.0705. The lowest BCUT2D eigenvalue weighted by atomic mass is 10.0. The number of hydrogen-bond acceptors (Lipinski definition) is 6. The van der Waals surface area contributed by atoms with Crippen molar-refractivity contribution in [3.05, 3.63) is 48.0 Å². The second kappa shape index (κ2) is 11.7. The Balaban J connectivity index is 1.13. The van der Waals surface area contributed by atoms with Crippen LogP contribution in [0.15, 0.2) is 36.7 Å². The first kappa shape index (κ1) is 27.9. The van der Waals surface area contributed by atoms with Gasteiger partial charge in [-0.3, -0.25) is 14.7 Å². The smallest absolute Gasteiger partial charge is 0.382 e. The molecule has 2 aliphatic heterocycles. The first-order valence-corrected chi connectivity index (χ1v) is 12.6. The molecule has 0 atom stereocenters. The SMILES string of the molecule is O=C(CCCN1CCN(c2ccc(C(F)(F)F)nc2)CC1)N1CCC(Nc2ccnc(C(F)(F)F)c2)CC1. The minimum Gasteiger partial charge on any atom is -0.382 e. The zero-order valence-corrected chi connectivity index (χ0v) is 20.7. The number of pyridine rings is 2. The topological polar surface area (TPSA) is 64.6 Å². The first-order chi connectivity index (χ1) is 18.0. The zero-order chi connectivity index (χ0) is 27.3. The second-order valence-electron chi connectivity index (χ2n) is 9.56. The Kier molecular flexibility index (Phi) is 8.64. The maximum Gasteiger partial charge on any atom is 0.433 e. The number of anilines is 2. The van der Waals surface area contributed by atoms with Crippen LogP contribution in [0.4, 0.5) is 37.7 Å². The van der Waals surface area contributed by atoms with Gasteiger partial charge in [0, 0.05) is 63.6 Å². The molecule has 2 aromatic rings. The first-order valence-electron chi connectivity index (χ1n) is 12.6. The number of piperazine rings is 1. The van der Waals surface area contributed by atoms with E-state index in [1.807, 2.05) is 4.90 Å². The normalized spacial score (nSPS) is 18.1. The Morgan fingerprint density at radius 3 is 2.18 bits per heavy atom. The van der Waals surface area contributed by atoms with Gasteiger partial charge in [-0.15, -0.1) is 0 Å². The van der Waals surface area contributed by atoms with Crippen LogP contribution < -0.4 is 10.2 Å². The van der Waals surface area contributed by atoms with E-state index < -0.39 is 23.7 Å². The average Bonchev–Trinajstić information content (AvgIpc) is 2.89. The molecule has 7 nitrogen and oxygen atoms in total. The van der Waals surface area contributed by atoms with Crippen LogP contribution >= 0.6 is 0 Å². The highest BCUT2D eigenvalue weighted by Crippen LogP contribution is 2.30. The van der Waals surface area contributed by atoms with Crippen molar-refractivity contribution in [1.29, 1.82) is 0 Å². The van der Waals surface area contributed by atoms with E-state index in [0.717, 1.165) is 38.0 Å². The molecule has 208 valence electrons. The summed E-state index contributed by atoms with van der Waals surface area (Å²) in [5, 5.41) is 3.12. The van der Waals surface area contributed by atoms with Crippen molar-refractivity contribution in [1.82, 2.24) is 19.8 Å². The molecule has 4 rings (SSSR count). The molecule has 1 amide bonds. The number of amides is 1. The van der Waals surface area contributed by atoms with Crippen LogP contribution in [0.2, 0.25) is 0 Å². The van der Waals surface area contributed by atoms with Gasteiger partial charge < -0.3 is 15.1 Å². The van der Waals surface area contributed by atoms with Gasteiger partial charge in [-0.05, 0) is 50.1 Å². The third-order valence-corrected chi connectivity index (χ3v) is 6.91. The maximum atomic E-state index is 12.9. The van der Waals surface area contributed by atoms with E-state index >= 15 is 0 Å². The molecule has 0 aliphatic carbocycles. The number of piperidine rings is 1. The van der Waals surface area contributed by atoms with Crippen molar-refractivity contribution in [2.75, 3.05) is 56.0 Å². The quantitative estimate of drug-likeness (QED) is 0.518. The molecular formula is C25H30F6N6O. The van der Waals surface area contributed by atoms with Gasteiger partial charge in [-0.2, -0.15) is 26.3 Å². The molecule has 38 heavy (non-hydrogen) atoms. The van der Waals surface area contributed by atoms with Crippen molar-refractivity contribution in [3.8, 4) is 0 Å². The minimum atomic E-state index is -4.50. The maximum absolute atomic E-state index is 12.9. The molecule has 2 fully saturated rings. The molecule has 0 saturated carbocycles. The Labute approximate surface area is 216 Å². The predicted octanol–water partition coefficient (Wildman–Crippen LogP) is 4.52. The fourth-order valence-electron chi connectivity index (χ4n) is 4.77. The predicted molar refractivity (Wildman–Crippen MR) is 130 cm³/mol. The summed E-state index contributed by atoms with van der Waals surface area (Å²) in [6, 6.07) is 4.93. The van der Waals surface area contributed by atoms with Crippen molar-refractivity contribution in [2.45, 2.75) is 44.1 Å². The lowest BCUT2D eigenvalue weighted by Crippen LogP contribution is -2.47. The van der Waals surface area contributed by atoms with E-state index in [1.165, 1.54) is 18.3 Å². The molecular weight excluding hydrogens is 514 g/mol. The van der Waals surface area contributed by atoms with E-state index in [1.54, 1.807) is 4.90 Å². The summed E-state index contributed by atoms with van der Waals surface area (Å²) in [4.78, 5) is 25.6. The third-order valence-electron chi connectivity index (χ3n) is 6.91. The van der Waals surface area contributed by atoms with Gasteiger partial charge in [0.1, 0.15) is 11.4 Å². The van der Waals surface area contributed by atoms with Crippen LogP contribution in [-0.2, 0) is 17.1 Å². The van der Waals surface area contributed by atoms with E-state index in [0.29, 0.717) is 63.2 Å². The van der Waals surface area contributed by atoms with E-state index in [2.05, 4.69) is 20.2 Å². The Morgan fingerprint density at radius 2 is 1.58 bits per heavy atom. The fraction of sp³-hybridized carbons (Fsp3) is 0.560. The zero-order valence-electron chi connectivity index (χ0n) is 20.7. The summed E-state index contributed by atoms with van der Waals surface area (Å²) >= 11 is 0. The molecule has 2 aliphatic rings. The molecule has 4 heterocycles. The highest BCUT2D eigenvalue weighted by Gasteiger charge is 2.33. The number of alkyl halides is 6. The van der Waals surface area contributed by atoms with Crippen molar-refractivity contribution >= 4 is 17.3 Å². The Hall–Kier alpha value is -3.09. The molecule has 2 saturated heterocycles. The van der Waals surface area contributed by atoms with Gasteiger partial charge in [-0.25, -0.2) is 4.98 Å². The van der Waals surface area contributed by atoms with Gasteiger partial charge in [0.2, 0.25) is 5.91 Å². The molecule has 0 radical (unpaired) electrons. The number of halogens is 6. The third kappa shape index (κ3) is 7.49. The van der Waals surface area contributed by atoms with E-state index in [4.69, 9.17) is 0 Å². The van der Waals surface area contributed by atoms with Crippen LogP contribution in [-0.4, -0.2) is 77.5 Å². The molecule has 1 N–H and O–H groups in total. The van der Waals surface area contributed by atoms with Crippen molar-refractivity contribution in [2.24, 2.45) is 0 Å². The second-order valence-corrected chi connectivity index (χ2v) is 9.56. The summed E-state index contributed by atoms with van der Waals surface area (Å²) in [6.45, 7) is 4.69. The monoisotopic (exact) mass is 544 g/mol. The number of hydrogen-bond donors (Lipinski definition) is 1. The highest BCUT2D eigenvalue weighted by molar-refractivity contribution is 5.76. The average molecular weight is 545 g/mol. The van der Waals surface area contributed by atoms with Gasteiger partial charge in [-0.1, -0.05) is 0 Å². The molecule has 13 heteroatoms.